The smallest absolute Gasteiger partial charge is 0.251 e. The largest absolute Gasteiger partial charge is 0.380 e. The van der Waals surface area contributed by atoms with E-state index in [4.69, 9.17) is 4.74 Å². The Morgan fingerprint density at radius 1 is 1.19 bits per heavy atom. The summed E-state index contributed by atoms with van der Waals surface area (Å²) in [5.74, 6) is 0.476. The van der Waals surface area contributed by atoms with E-state index >= 15 is 0 Å². The minimum Gasteiger partial charge on any atom is -0.380 e. The summed E-state index contributed by atoms with van der Waals surface area (Å²) < 4.78 is 6.88. The molecule has 1 aliphatic rings. The van der Waals surface area contributed by atoms with Crippen LogP contribution in [0.25, 0.3) is 17.1 Å². The van der Waals surface area contributed by atoms with Crippen LogP contribution < -0.4 is 5.32 Å². The van der Waals surface area contributed by atoms with E-state index in [1.165, 1.54) is 0 Å². The van der Waals surface area contributed by atoms with Gasteiger partial charge in [0.05, 0.1) is 18.9 Å². The molecule has 1 saturated heterocycles. The van der Waals surface area contributed by atoms with E-state index in [0.717, 1.165) is 11.3 Å². The van der Waals surface area contributed by atoms with Crippen molar-refractivity contribution in [3.05, 3.63) is 60.2 Å². The molecule has 0 saturated carbocycles. The zero-order valence-electron chi connectivity index (χ0n) is 14.4. The maximum absolute atomic E-state index is 12.5. The average molecular weight is 349 g/mol. The number of para-hydroxylation sites is 1. The lowest BCUT2D eigenvalue weighted by molar-refractivity contribution is -0.0978. The second kappa shape index (κ2) is 6.68. The molecular formula is C19H19N5O2. The van der Waals surface area contributed by atoms with Crippen molar-refractivity contribution in [1.82, 2.24) is 25.5 Å². The van der Waals surface area contributed by atoms with Gasteiger partial charge in [-0.1, -0.05) is 37.3 Å². The summed E-state index contributed by atoms with van der Waals surface area (Å²) in [4.78, 5) is 12.5. The summed E-state index contributed by atoms with van der Waals surface area (Å²) >= 11 is 0. The Balaban J connectivity index is 1.57. The lowest BCUT2D eigenvalue weighted by atomic mass is 9.88. The van der Waals surface area contributed by atoms with Gasteiger partial charge in [0.2, 0.25) is 0 Å². The quantitative estimate of drug-likeness (QED) is 0.763. The fourth-order valence-corrected chi connectivity index (χ4v) is 2.86. The van der Waals surface area contributed by atoms with Crippen LogP contribution in [0.2, 0.25) is 0 Å². The van der Waals surface area contributed by atoms with E-state index in [1.54, 1.807) is 16.8 Å². The average Bonchev–Trinajstić information content (AvgIpc) is 3.15. The molecule has 0 unspecified atom stereocenters. The zero-order valence-corrected chi connectivity index (χ0v) is 14.4. The van der Waals surface area contributed by atoms with Crippen molar-refractivity contribution in [2.24, 2.45) is 5.41 Å². The highest BCUT2D eigenvalue weighted by atomic mass is 16.5. The predicted octanol–water partition coefficient (Wildman–Crippen LogP) is 2.10. The molecule has 3 aromatic rings. The SMILES string of the molecule is CC1(CNC(=O)c2cccc(-c3nnnn3-c3ccccc3)c2)COC1. The van der Waals surface area contributed by atoms with E-state index in [-0.39, 0.29) is 11.3 Å². The van der Waals surface area contributed by atoms with Gasteiger partial charge in [0.25, 0.3) is 5.91 Å². The Morgan fingerprint density at radius 3 is 2.73 bits per heavy atom. The first kappa shape index (κ1) is 16.4. The number of nitrogens with zero attached hydrogens (tertiary/aromatic N) is 4. The van der Waals surface area contributed by atoms with Gasteiger partial charge in [0.1, 0.15) is 0 Å². The highest BCUT2D eigenvalue weighted by molar-refractivity contribution is 5.95. The number of ether oxygens (including phenoxy) is 1. The van der Waals surface area contributed by atoms with Crippen LogP contribution in [0.5, 0.6) is 0 Å². The van der Waals surface area contributed by atoms with Crippen LogP contribution in [0, 0.1) is 5.41 Å². The molecule has 2 aromatic carbocycles. The molecule has 2 heterocycles. The van der Waals surface area contributed by atoms with Crippen LogP contribution in [-0.2, 0) is 4.74 Å². The summed E-state index contributed by atoms with van der Waals surface area (Å²) in [6, 6.07) is 17.0. The van der Waals surface area contributed by atoms with Gasteiger partial charge >= 0.3 is 0 Å². The van der Waals surface area contributed by atoms with Crippen LogP contribution in [0.4, 0.5) is 0 Å². The van der Waals surface area contributed by atoms with Crippen molar-refractivity contribution in [3.8, 4) is 17.1 Å². The monoisotopic (exact) mass is 349 g/mol. The van der Waals surface area contributed by atoms with Crippen molar-refractivity contribution < 1.29 is 9.53 Å². The second-order valence-corrected chi connectivity index (χ2v) is 6.82. The van der Waals surface area contributed by atoms with Crippen LogP contribution in [0.3, 0.4) is 0 Å². The molecule has 1 N–H and O–H groups in total. The molecule has 1 aromatic heterocycles. The number of benzene rings is 2. The van der Waals surface area contributed by atoms with Crippen molar-refractivity contribution in [3.63, 3.8) is 0 Å². The fourth-order valence-electron chi connectivity index (χ4n) is 2.86. The number of rotatable bonds is 5. The van der Waals surface area contributed by atoms with Gasteiger partial charge in [-0.05, 0) is 34.7 Å². The lowest BCUT2D eigenvalue weighted by Gasteiger charge is -2.38. The normalized spacial score (nSPS) is 15.3. The molecule has 1 aliphatic heterocycles. The molecule has 1 fully saturated rings. The number of aromatic nitrogens is 4. The Labute approximate surface area is 151 Å². The molecule has 132 valence electrons. The van der Waals surface area contributed by atoms with Gasteiger partial charge in [0.15, 0.2) is 5.82 Å². The number of carbonyl (C=O) groups excluding carboxylic acids is 1. The molecule has 0 aliphatic carbocycles. The van der Waals surface area contributed by atoms with Crippen molar-refractivity contribution in [1.29, 1.82) is 0 Å². The fraction of sp³-hybridized carbons (Fsp3) is 0.263. The predicted molar refractivity (Wildman–Crippen MR) is 95.8 cm³/mol. The topological polar surface area (TPSA) is 81.9 Å². The number of hydrogen-bond acceptors (Lipinski definition) is 5. The first-order valence-electron chi connectivity index (χ1n) is 8.45. The van der Waals surface area contributed by atoms with Crippen LogP contribution in [0.15, 0.2) is 54.6 Å². The number of hydrogen-bond donors (Lipinski definition) is 1. The number of nitrogens with one attached hydrogen (secondary N) is 1. The van der Waals surface area contributed by atoms with E-state index in [0.29, 0.717) is 31.1 Å². The Morgan fingerprint density at radius 2 is 2.00 bits per heavy atom. The summed E-state index contributed by atoms with van der Waals surface area (Å²) in [6.07, 6.45) is 0. The highest BCUT2D eigenvalue weighted by Crippen LogP contribution is 2.25. The van der Waals surface area contributed by atoms with E-state index in [1.807, 2.05) is 42.5 Å². The van der Waals surface area contributed by atoms with Crippen LogP contribution >= 0.6 is 0 Å². The maximum atomic E-state index is 12.5. The molecule has 0 bridgehead atoms. The van der Waals surface area contributed by atoms with Gasteiger partial charge in [0, 0.05) is 23.1 Å². The van der Waals surface area contributed by atoms with E-state index in [2.05, 4.69) is 27.8 Å². The molecule has 26 heavy (non-hydrogen) atoms. The minimum absolute atomic E-state index is 0.0324. The molecule has 0 radical (unpaired) electrons. The Bertz CT molecular complexity index is 918. The zero-order chi connectivity index (χ0) is 18.0. The molecular weight excluding hydrogens is 330 g/mol. The van der Waals surface area contributed by atoms with E-state index in [9.17, 15) is 4.79 Å². The van der Waals surface area contributed by atoms with Gasteiger partial charge in [-0.3, -0.25) is 4.79 Å². The third-order valence-corrected chi connectivity index (χ3v) is 4.43. The Kier molecular flexibility index (Phi) is 4.22. The van der Waals surface area contributed by atoms with Gasteiger partial charge < -0.3 is 10.1 Å². The maximum Gasteiger partial charge on any atom is 0.251 e. The second-order valence-electron chi connectivity index (χ2n) is 6.82. The third-order valence-electron chi connectivity index (χ3n) is 4.43. The molecule has 7 heteroatoms. The number of tetrazole rings is 1. The van der Waals surface area contributed by atoms with Crippen molar-refractivity contribution >= 4 is 5.91 Å². The molecule has 4 rings (SSSR count). The van der Waals surface area contributed by atoms with Crippen LogP contribution in [0.1, 0.15) is 17.3 Å². The molecule has 0 spiro atoms. The van der Waals surface area contributed by atoms with Gasteiger partial charge in [-0.2, -0.15) is 4.68 Å². The minimum atomic E-state index is -0.112. The van der Waals surface area contributed by atoms with E-state index < -0.39 is 0 Å². The lowest BCUT2D eigenvalue weighted by Crippen LogP contribution is -2.48. The summed E-state index contributed by atoms with van der Waals surface area (Å²) in [5, 5.41) is 15.0. The van der Waals surface area contributed by atoms with Crippen LogP contribution in [-0.4, -0.2) is 45.9 Å². The first-order valence-corrected chi connectivity index (χ1v) is 8.45. The Hall–Kier alpha value is -3.06. The van der Waals surface area contributed by atoms with Gasteiger partial charge in [-0.25, -0.2) is 0 Å². The van der Waals surface area contributed by atoms with Crippen molar-refractivity contribution in [2.75, 3.05) is 19.8 Å². The highest BCUT2D eigenvalue weighted by Gasteiger charge is 2.33. The first-order chi connectivity index (χ1) is 12.6. The molecule has 7 nitrogen and oxygen atoms in total. The number of amides is 1. The van der Waals surface area contributed by atoms with Crippen molar-refractivity contribution in [2.45, 2.75) is 6.92 Å². The standard InChI is InChI=1S/C19H19N5O2/c1-19(12-26-13-19)11-20-18(25)15-7-5-6-14(10-15)17-21-22-23-24(17)16-8-3-2-4-9-16/h2-10H,11-13H2,1H3,(H,20,25). The molecule has 1 amide bonds. The summed E-state index contributed by atoms with van der Waals surface area (Å²) in [5.41, 5.74) is 2.25. The third kappa shape index (κ3) is 3.21. The summed E-state index contributed by atoms with van der Waals surface area (Å²) in [7, 11) is 0. The van der Waals surface area contributed by atoms with Gasteiger partial charge in [-0.15, -0.1) is 5.10 Å². The summed E-state index contributed by atoms with van der Waals surface area (Å²) in [6.45, 7) is 4.05. The molecule has 0 atom stereocenters. The number of carbonyl (C=O) groups is 1.